The van der Waals surface area contributed by atoms with Crippen molar-refractivity contribution in [2.24, 2.45) is 5.73 Å². The molecule has 1 aromatic heterocycles. The maximum absolute atomic E-state index is 11.0. The first kappa shape index (κ1) is 14.9. The minimum Gasteiger partial charge on any atom is -0.476 e. The number of aromatic carboxylic acids is 1. The summed E-state index contributed by atoms with van der Waals surface area (Å²) in [6.07, 6.45) is 3.34. The summed E-state index contributed by atoms with van der Waals surface area (Å²) < 4.78 is 12.6. The lowest BCUT2D eigenvalue weighted by Gasteiger charge is -2.22. The highest BCUT2D eigenvalue weighted by Crippen LogP contribution is 2.14. The van der Waals surface area contributed by atoms with E-state index < -0.39 is 5.97 Å². The molecule has 8 nitrogen and oxygen atoms in total. The second-order valence-corrected chi connectivity index (χ2v) is 4.62. The van der Waals surface area contributed by atoms with E-state index in [0.29, 0.717) is 31.8 Å². The van der Waals surface area contributed by atoms with Crippen LogP contribution in [0.3, 0.4) is 0 Å². The van der Waals surface area contributed by atoms with E-state index in [1.54, 1.807) is 4.68 Å². The van der Waals surface area contributed by atoms with E-state index in [0.717, 1.165) is 25.9 Å². The van der Waals surface area contributed by atoms with Crippen LogP contribution in [0.2, 0.25) is 0 Å². The normalized spacial score (nSPS) is 19.1. The lowest BCUT2D eigenvalue weighted by atomic mass is 10.2. The van der Waals surface area contributed by atoms with E-state index in [2.05, 4.69) is 10.3 Å². The van der Waals surface area contributed by atoms with Crippen LogP contribution in [0, 0.1) is 0 Å². The van der Waals surface area contributed by atoms with Crippen molar-refractivity contribution >= 4 is 5.97 Å². The van der Waals surface area contributed by atoms with Gasteiger partial charge in [-0.1, -0.05) is 5.21 Å². The van der Waals surface area contributed by atoms with Gasteiger partial charge in [0.15, 0.2) is 12.0 Å². The molecule has 1 aliphatic rings. The SMILES string of the molecule is NCCc1c(C(=O)O)nnn1CCOC1CCCCO1. The van der Waals surface area contributed by atoms with Crippen molar-refractivity contribution in [1.29, 1.82) is 0 Å². The molecule has 3 N–H and O–H groups in total. The fourth-order valence-electron chi connectivity index (χ4n) is 2.18. The summed E-state index contributed by atoms with van der Waals surface area (Å²) in [5.74, 6) is -1.09. The van der Waals surface area contributed by atoms with Crippen LogP contribution in [0.1, 0.15) is 35.4 Å². The van der Waals surface area contributed by atoms with Crippen molar-refractivity contribution in [2.45, 2.75) is 38.5 Å². The Bertz CT molecular complexity index is 443. The second kappa shape index (κ2) is 7.32. The molecule has 0 radical (unpaired) electrons. The van der Waals surface area contributed by atoms with Gasteiger partial charge in [0.1, 0.15) is 0 Å². The molecule has 1 atom stereocenters. The van der Waals surface area contributed by atoms with Crippen LogP contribution in [-0.4, -0.2) is 52.1 Å². The topological polar surface area (TPSA) is 112 Å². The van der Waals surface area contributed by atoms with Crippen molar-refractivity contribution in [3.05, 3.63) is 11.4 Å². The van der Waals surface area contributed by atoms with Gasteiger partial charge >= 0.3 is 5.97 Å². The Labute approximate surface area is 116 Å². The van der Waals surface area contributed by atoms with Gasteiger partial charge in [-0.05, 0) is 25.8 Å². The van der Waals surface area contributed by atoms with Gasteiger partial charge in [0.25, 0.3) is 0 Å². The Balaban J connectivity index is 1.89. The third kappa shape index (κ3) is 3.75. The summed E-state index contributed by atoms with van der Waals surface area (Å²) in [6.45, 7) is 1.93. The summed E-state index contributed by atoms with van der Waals surface area (Å²) in [5, 5.41) is 16.5. The number of aromatic nitrogens is 3. The molecule has 1 unspecified atom stereocenters. The molecule has 20 heavy (non-hydrogen) atoms. The van der Waals surface area contributed by atoms with Crippen molar-refractivity contribution in [3.8, 4) is 0 Å². The summed E-state index contributed by atoms with van der Waals surface area (Å²) >= 11 is 0. The van der Waals surface area contributed by atoms with Crippen LogP contribution in [0.5, 0.6) is 0 Å². The van der Waals surface area contributed by atoms with Gasteiger partial charge in [0.2, 0.25) is 0 Å². The molecule has 1 saturated heterocycles. The average Bonchev–Trinajstić information content (AvgIpc) is 2.84. The molecule has 0 amide bonds. The monoisotopic (exact) mass is 284 g/mol. The summed E-state index contributed by atoms with van der Waals surface area (Å²) in [5.41, 5.74) is 5.99. The molecule has 1 aliphatic heterocycles. The first-order valence-corrected chi connectivity index (χ1v) is 6.81. The molecule has 8 heteroatoms. The lowest BCUT2D eigenvalue weighted by molar-refractivity contribution is -0.163. The number of nitrogens with zero attached hydrogens (tertiary/aromatic N) is 3. The molecule has 1 fully saturated rings. The quantitative estimate of drug-likeness (QED) is 0.725. The van der Waals surface area contributed by atoms with Gasteiger partial charge in [-0.2, -0.15) is 0 Å². The maximum atomic E-state index is 11.0. The highest BCUT2D eigenvalue weighted by atomic mass is 16.7. The third-order valence-electron chi connectivity index (χ3n) is 3.17. The molecular formula is C12H20N4O4. The van der Waals surface area contributed by atoms with Crippen molar-refractivity contribution in [1.82, 2.24) is 15.0 Å². The minimum absolute atomic E-state index is 0.0376. The number of carboxylic acids is 1. The molecule has 0 aliphatic carbocycles. The van der Waals surface area contributed by atoms with E-state index in [9.17, 15) is 4.79 Å². The maximum Gasteiger partial charge on any atom is 0.358 e. The van der Waals surface area contributed by atoms with Gasteiger partial charge in [0, 0.05) is 13.0 Å². The van der Waals surface area contributed by atoms with E-state index in [1.165, 1.54) is 0 Å². The van der Waals surface area contributed by atoms with Crippen LogP contribution in [0.25, 0.3) is 0 Å². The van der Waals surface area contributed by atoms with Gasteiger partial charge < -0.3 is 20.3 Å². The van der Waals surface area contributed by atoms with Crippen molar-refractivity contribution < 1.29 is 19.4 Å². The summed E-state index contributed by atoms with van der Waals surface area (Å²) in [7, 11) is 0. The Morgan fingerprint density at radius 1 is 1.55 bits per heavy atom. The van der Waals surface area contributed by atoms with E-state index >= 15 is 0 Å². The molecule has 2 heterocycles. The summed E-state index contributed by atoms with van der Waals surface area (Å²) in [4.78, 5) is 11.0. The first-order chi connectivity index (χ1) is 9.72. The highest BCUT2D eigenvalue weighted by Gasteiger charge is 2.19. The Hall–Kier alpha value is -1.51. The Kier molecular flexibility index (Phi) is 5.45. The van der Waals surface area contributed by atoms with Gasteiger partial charge in [-0.25, -0.2) is 9.48 Å². The Morgan fingerprint density at radius 3 is 3.05 bits per heavy atom. The van der Waals surface area contributed by atoms with Gasteiger partial charge in [-0.15, -0.1) is 5.10 Å². The third-order valence-corrected chi connectivity index (χ3v) is 3.17. The molecule has 1 aromatic rings. The van der Waals surface area contributed by atoms with E-state index in [-0.39, 0.29) is 12.0 Å². The van der Waals surface area contributed by atoms with Crippen molar-refractivity contribution in [3.63, 3.8) is 0 Å². The first-order valence-electron chi connectivity index (χ1n) is 6.81. The van der Waals surface area contributed by atoms with Crippen LogP contribution >= 0.6 is 0 Å². The zero-order chi connectivity index (χ0) is 14.4. The molecule has 0 saturated carbocycles. The predicted octanol–water partition coefficient (Wildman–Crippen LogP) is 0.0207. The van der Waals surface area contributed by atoms with Crippen LogP contribution in [-0.2, 0) is 22.4 Å². The molecule has 0 aromatic carbocycles. The number of rotatable bonds is 7. The Morgan fingerprint density at radius 2 is 2.40 bits per heavy atom. The number of carbonyl (C=O) groups is 1. The van der Waals surface area contributed by atoms with Crippen molar-refractivity contribution in [2.75, 3.05) is 19.8 Å². The zero-order valence-corrected chi connectivity index (χ0v) is 11.3. The summed E-state index contributed by atoms with van der Waals surface area (Å²) in [6, 6.07) is 0. The highest BCUT2D eigenvalue weighted by molar-refractivity contribution is 5.86. The van der Waals surface area contributed by atoms with E-state index in [4.69, 9.17) is 20.3 Å². The number of carboxylic acid groups (broad SMARTS) is 1. The molecule has 2 rings (SSSR count). The van der Waals surface area contributed by atoms with Crippen LogP contribution < -0.4 is 5.73 Å². The standard InChI is InChI=1S/C12H20N4O4/c13-5-4-9-11(12(17)18)14-15-16(9)6-8-20-10-3-1-2-7-19-10/h10H,1-8,13H2,(H,17,18). The largest absolute Gasteiger partial charge is 0.476 e. The minimum atomic E-state index is -1.09. The smallest absolute Gasteiger partial charge is 0.358 e. The zero-order valence-electron chi connectivity index (χ0n) is 11.3. The lowest BCUT2D eigenvalue weighted by Crippen LogP contribution is -2.24. The predicted molar refractivity (Wildman–Crippen MR) is 69.3 cm³/mol. The number of ether oxygens (including phenoxy) is 2. The molecule has 0 spiro atoms. The number of nitrogens with two attached hydrogens (primary N) is 1. The van der Waals surface area contributed by atoms with Gasteiger partial charge in [-0.3, -0.25) is 0 Å². The van der Waals surface area contributed by atoms with E-state index in [1.807, 2.05) is 0 Å². The van der Waals surface area contributed by atoms with Crippen LogP contribution in [0.4, 0.5) is 0 Å². The second-order valence-electron chi connectivity index (χ2n) is 4.62. The molecular weight excluding hydrogens is 264 g/mol. The van der Waals surface area contributed by atoms with Crippen LogP contribution in [0.15, 0.2) is 0 Å². The van der Waals surface area contributed by atoms with Gasteiger partial charge in [0.05, 0.1) is 18.8 Å². The number of hydrogen-bond donors (Lipinski definition) is 2. The molecule has 0 bridgehead atoms. The fourth-order valence-corrected chi connectivity index (χ4v) is 2.18. The number of hydrogen-bond acceptors (Lipinski definition) is 6. The fraction of sp³-hybridized carbons (Fsp3) is 0.750. The average molecular weight is 284 g/mol. The molecule has 112 valence electrons.